The molecule has 210 valence electrons. The van der Waals surface area contributed by atoms with Crippen LogP contribution in [0.3, 0.4) is 0 Å². The van der Waals surface area contributed by atoms with Crippen molar-refractivity contribution >= 4 is 23.1 Å². The molecule has 1 amide bonds. The highest BCUT2D eigenvalue weighted by Crippen LogP contribution is 2.43. The van der Waals surface area contributed by atoms with Crippen molar-refractivity contribution in [3.63, 3.8) is 0 Å². The van der Waals surface area contributed by atoms with Crippen LogP contribution in [0.15, 0.2) is 72.3 Å². The van der Waals surface area contributed by atoms with E-state index in [1.54, 1.807) is 6.07 Å². The number of aliphatic hydroxyl groups is 1. The predicted molar refractivity (Wildman–Crippen MR) is 158 cm³/mol. The normalized spacial score (nSPS) is 16.8. The molecular formula is C33H38N2O5. The molecule has 3 aromatic rings. The maximum Gasteiger partial charge on any atom is 0.295 e. The molecule has 3 aromatic carbocycles. The first-order valence-electron chi connectivity index (χ1n) is 13.4. The standard InChI is InChI=1S/C33H38N2O5/c1-8-40-25-16-9-21(10-17-25)20-35-29(22-11-14-24(15-12-22)34(5)6)28(31(37)32(35)38)30(36)26-19-23(33(2,3)4)13-18-27(26)39-7/h9-19,29,36H,8,20H2,1-7H3/b30-28+. The number of carbonyl (C=O) groups excluding carboxylic acids is 2. The van der Waals surface area contributed by atoms with Gasteiger partial charge in [-0.15, -0.1) is 0 Å². The summed E-state index contributed by atoms with van der Waals surface area (Å²) in [5.41, 5.74) is 3.72. The highest BCUT2D eigenvalue weighted by molar-refractivity contribution is 6.46. The maximum absolute atomic E-state index is 13.6. The smallest absolute Gasteiger partial charge is 0.295 e. The van der Waals surface area contributed by atoms with Gasteiger partial charge in [0.15, 0.2) is 0 Å². The number of likely N-dealkylation sites (tertiary alicyclic amines) is 1. The van der Waals surface area contributed by atoms with E-state index in [4.69, 9.17) is 9.47 Å². The molecule has 1 atom stereocenters. The largest absolute Gasteiger partial charge is 0.507 e. The molecule has 4 rings (SSSR count). The Morgan fingerprint density at radius 3 is 2.17 bits per heavy atom. The van der Waals surface area contributed by atoms with Crippen molar-refractivity contribution < 1.29 is 24.2 Å². The molecule has 1 N–H and O–H groups in total. The van der Waals surface area contributed by atoms with E-state index in [1.165, 1.54) is 12.0 Å². The van der Waals surface area contributed by atoms with Crippen LogP contribution in [0.25, 0.3) is 5.76 Å². The molecule has 7 nitrogen and oxygen atoms in total. The molecule has 0 bridgehead atoms. The molecule has 0 spiro atoms. The second-order valence-electron chi connectivity index (χ2n) is 11.2. The zero-order valence-corrected chi connectivity index (χ0v) is 24.3. The fourth-order valence-corrected chi connectivity index (χ4v) is 4.90. The molecule has 1 aliphatic heterocycles. The summed E-state index contributed by atoms with van der Waals surface area (Å²) in [6, 6.07) is 19.9. The number of rotatable bonds is 8. The number of methoxy groups -OCH3 is 1. The van der Waals surface area contributed by atoms with Crippen LogP contribution in [-0.4, -0.2) is 49.5 Å². The number of ether oxygens (including phenoxy) is 2. The third-order valence-corrected chi connectivity index (χ3v) is 7.17. The Kier molecular flexibility index (Phi) is 8.24. The van der Waals surface area contributed by atoms with Crippen molar-refractivity contribution in [2.24, 2.45) is 0 Å². The monoisotopic (exact) mass is 542 g/mol. The SMILES string of the molecule is CCOc1ccc(CN2C(=O)C(=O)/C(=C(/O)c3cc(C(C)(C)C)ccc3OC)C2c2ccc(N(C)C)cc2)cc1. The molecule has 1 aliphatic rings. The molecule has 7 heteroatoms. The van der Waals surface area contributed by atoms with Crippen LogP contribution in [0.1, 0.15) is 56.0 Å². The van der Waals surface area contributed by atoms with Crippen molar-refractivity contribution in [3.8, 4) is 11.5 Å². The lowest BCUT2D eigenvalue weighted by molar-refractivity contribution is -0.140. The molecule has 0 radical (unpaired) electrons. The first kappa shape index (κ1) is 28.7. The van der Waals surface area contributed by atoms with Crippen molar-refractivity contribution in [3.05, 3.63) is 94.6 Å². The van der Waals surface area contributed by atoms with Gasteiger partial charge in [-0.2, -0.15) is 0 Å². The Labute approximate surface area is 236 Å². The Morgan fingerprint density at radius 2 is 1.62 bits per heavy atom. The molecule has 1 unspecified atom stereocenters. The van der Waals surface area contributed by atoms with Crippen LogP contribution in [0.5, 0.6) is 11.5 Å². The summed E-state index contributed by atoms with van der Waals surface area (Å²) >= 11 is 0. The van der Waals surface area contributed by atoms with Gasteiger partial charge in [-0.05, 0) is 65.4 Å². The van der Waals surface area contributed by atoms with Gasteiger partial charge in [-0.25, -0.2) is 0 Å². The molecule has 1 heterocycles. The minimum atomic E-state index is -0.786. The van der Waals surface area contributed by atoms with E-state index in [-0.39, 0.29) is 23.3 Å². The van der Waals surface area contributed by atoms with E-state index < -0.39 is 17.7 Å². The Hall–Kier alpha value is -4.26. The van der Waals surface area contributed by atoms with E-state index in [0.717, 1.165) is 28.1 Å². The van der Waals surface area contributed by atoms with Gasteiger partial charge in [-0.3, -0.25) is 9.59 Å². The molecule has 1 saturated heterocycles. The van der Waals surface area contributed by atoms with Gasteiger partial charge in [0.25, 0.3) is 11.7 Å². The van der Waals surface area contributed by atoms with Gasteiger partial charge in [0.1, 0.15) is 17.3 Å². The van der Waals surface area contributed by atoms with Gasteiger partial charge in [-0.1, -0.05) is 51.1 Å². The van der Waals surface area contributed by atoms with Crippen LogP contribution < -0.4 is 14.4 Å². The van der Waals surface area contributed by atoms with Gasteiger partial charge < -0.3 is 24.4 Å². The summed E-state index contributed by atoms with van der Waals surface area (Å²) in [6.07, 6.45) is 0. The zero-order valence-electron chi connectivity index (χ0n) is 24.3. The van der Waals surface area contributed by atoms with E-state index in [1.807, 2.05) is 86.6 Å². The highest BCUT2D eigenvalue weighted by atomic mass is 16.5. The Bertz CT molecular complexity index is 1420. The lowest BCUT2D eigenvalue weighted by atomic mass is 9.85. The van der Waals surface area contributed by atoms with Crippen molar-refractivity contribution in [2.75, 3.05) is 32.7 Å². The molecule has 40 heavy (non-hydrogen) atoms. The van der Waals surface area contributed by atoms with Crippen LogP contribution in [-0.2, 0) is 21.5 Å². The first-order valence-corrected chi connectivity index (χ1v) is 13.4. The Morgan fingerprint density at radius 1 is 0.975 bits per heavy atom. The number of ketones is 1. The van der Waals surface area contributed by atoms with Crippen LogP contribution in [0.4, 0.5) is 5.69 Å². The van der Waals surface area contributed by atoms with Crippen molar-refractivity contribution in [2.45, 2.75) is 45.7 Å². The minimum absolute atomic E-state index is 0.0397. The Balaban J connectivity index is 1.88. The quantitative estimate of drug-likeness (QED) is 0.211. The van der Waals surface area contributed by atoms with Crippen molar-refractivity contribution in [1.29, 1.82) is 0 Å². The van der Waals surface area contributed by atoms with Gasteiger partial charge in [0.05, 0.1) is 30.9 Å². The summed E-state index contributed by atoms with van der Waals surface area (Å²) in [4.78, 5) is 30.7. The number of benzene rings is 3. The summed E-state index contributed by atoms with van der Waals surface area (Å²) < 4.78 is 11.1. The zero-order chi connectivity index (χ0) is 29.2. The highest BCUT2D eigenvalue weighted by Gasteiger charge is 2.46. The molecular weight excluding hydrogens is 504 g/mol. The molecule has 0 saturated carbocycles. The number of hydrogen-bond acceptors (Lipinski definition) is 6. The van der Waals surface area contributed by atoms with E-state index >= 15 is 0 Å². The van der Waals surface area contributed by atoms with Crippen LogP contribution in [0.2, 0.25) is 0 Å². The average Bonchev–Trinajstić information content (AvgIpc) is 3.18. The van der Waals surface area contributed by atoms with Crippen LogP contribution >= 0.6 is 0 Å². The van der Waals surface area contributed by atoms with Crippen molar-refractivity contribution in [1.82, 2.24) is 4.90 Å². The summed E-state index contributed by atoms with van der Waals surface area (Å²) in [6.45, 7) is 8.87. The number of nitrogens with zero attached hydrogens (tertiary/aromatic N) is 2. The third-order valence-electron chi connectivity index (χ3n) is 7.17. The predicted octanol–water partition coefficient (Wildman–Crippen LogP) is 6.08. The lowest BCUT2D eigenvalue weighted by Crippen LogP contribution is -2.29. The number of aliphatic hydroxyl groups excluding tert-OH is 1. The van der Waals surface area contributed by atoms with E-state index in [0.29, 0.717) is 17.9 Å². The minimum Gasteiger partial charge on any atom is -0.507 e. The van der Waals surface area contributed by atoms with Gasteiger partial charge in [0, 0.05) is 26.3 Å². The summed E-state index contributed by atoms with van der Waals surface area (Å²) in [5, 5.41) is 11.7. The fraction of sp³-hybridized carbons (Fsp3) is 0.333. The van der Waals surface area contributed by atoms with E-state index in [2.05, 4.69) is 20.8 Å². The molecule has 0 aliphatic carbocycles. The second-order valence-corrected chi connectivity index (χ2v) is 11.2. The van der Waals surface area contributed by atoms with Gasteiger partial charge >= 0.3 is 0 Å². The number of Topliss-reactive ketones (excluding diaryl/α,β-unsaturated/α-hetero) is 1. The van der Waals surface area contributed by atoms with E-state index in [9.17, 15) is 14.7 Å². The van der Waals surface area contributed by atoms with Gasteiger partial charge in [0.2, 0.25) is 0 Å². The molecule has 0 aromatic heterocycles. The maximum atomic E-state index is 13.6. The van der Waals surface area contributed by atoms with Crippen LogP contribution in [0, 0.1) is 0 Å². The molecule has 1 fully saturated rings. The number of anilines is 1. The number of amides is 1. The fourth-order valence-electron chi connectivity index (χ4n) is 4.90. The summed E-state index contributed by atoms with van der Waals surface area (Å²) in [7, 11) is 5.41. The average molecular weight is 543 g/mol. The number of carbonyl (C=O) groups is 2. The summed E-state index contributed by atoms with van der Waals surface area (Å²) in [5.74, 6) is -0.492. The number of hydrogen-bond donors (Lipinski definition) is 1. The lowest BCUT2D eigenvalue weighted by Gasteiger charge is -2.26. The third kappa shape index (κ3) is 5.69. The second kappa shape index (κ2) is 11.5. The topological polar surface area (TPSA) is 79.3 Å². The first-order chi connectivity index (χ1) is 19.0.